The minimum Gasteiger partial charge on any atom is -0.452 e. The van der Waals surface area contributed by atoms with Crippen LogP contribution >= 0.6 is 22.9 Å². The summed E-state index contributed by atoms with van der Waals surface area (Å²) in [4.78, 5) is 39.5. The Bertz CT molecular complexity index is 1880. The van der Waals surface area contributed by atoms with Crippen LogP contribution in [0, 0.1) is 0 Å². The molecule has 0 aliphatic rings. The summed E-state index contributed by atoms with van der Waals surface area (Å²) in [6, 6.07) is 31.9. The Labute approximate surface area is 244 Å². The van der Waals surface area contributed by atoms with Gasteiger partial charge in [0.15, 0.2) is 11.7 Å². The molecule has 41 heavy (non-hydrogen) atoms. The quantitative estimate of drug-likeness (QED) is 0.197. The van der Waals surface area contributed by atoms with Gasteiger partial charge in [0.2, 0.25) is 0 Å². The second-order valence-corrected chi connectivity index (χ2v) is 10.3. The minimum atomic E-state index is -0.645. The van der Waals surface area contributed by atoms with Crippen molar-refractivity contribution in [2.75, 3.05) is 11.9 Å². The smallest absolute Gasteiger partial charge is 0.338 e. The van der Waals surface area contributed by atoms with Gasteiger partial charge in [0, 0.05) is 27.1 Å². The Hall–Kier alpha value is -4.92. The van der Waals surface area contributed by atoms with E-state index < -0.39 is 18.5 Å². The van der Waals surface area contributed by atoms with E-state index in [1.165, 1.54) is 11.3 Å². The molecule has 0 saturated heterocycles. The molecular formula is C32H21ClN4O3S. The van der Waals surface area contributed by atoms with Crippen molar-refractivity contribution < 1.29 is 14.3 Å². The molecule has 2 aromatic heterocycles. The molecular weight excluding hydrogens is 556 g/mol. The van der Waals surface area contributed by atoms with Crippen molar-refractivity contribution >= 4 is 51.0 Å². The number of anilines is 1. The zero-order chi connectivity index (χ0) is 28.2. The number of fused-ring (bicyclic) bond motifs is 1. The molecule has 1 N–H and O–H groups in total. The predicted molar refractivity (Wildman–Crippen MR) is 162 cm³/mol. The molecule has 0 unspecified atom stereocenters. The molecule has 0 bridgehead atoms. The van der Waals surface area contributed by atoms with Gasteiger partial charge >= 0.3 is 5.97 Å². The number of carbonyl (C=O) groups is 2. The molecule has 2 heterocycles. The molecule has 6 aromatic rings. The van der Waals surface area contributed by atoms with Crippen molar-refractivity contribution in [1.82, 2.24) is 15.0 Å². The first-order valence-corrected chi connectivity index (χ1v) is 13.9. The first-order valence-electron chi connectivity index (χ1n) is 12.7. The molecule has 0 fully saturated rings. The van der Waals surface area contributed by atoms with Crippen molar-refractivity contribution in [3.63, 3.8) is 0 Å². The summed E-state index contributed by atoms with van der Waals surface area (Å²) < 4.78 is 5.29. The van der Waals surface area contributed by atoms with Crippen LogP contribution in [0.1, 0.15) is 10.4 Å². The highest BCUT2D eigenvalue weighted by molar-refractivity contribution is 7.14. The minimum absolute atomic E-state index is 0.265. The number of halogens is 1. The first kappa shape index (κ1) is 26.3. The standard InChI is InChI=1S/C32H21ClN4O3S/c33-24-14-8-7-13-23(24)27-19-41-32(36-27)37-28(38)18-40-31(39)22-15-16-25-26(17-22)35-30(21-11-5-2-6-12-21)29(34-25)20-9-3-1-4-10-20/h1-17,19H,18H2,(H,36,37,38). The number of nitrogens with one attached hydrogen (secondary N) is 1. The Morgan fingerprint density at radius 3 is 2.07 bits per heavy atom. The van der Waals surface area contributed by atoms with Crippen molar-refractivity contribution in [2.24, 2.45) is 0 Å². The zero-order valence-corrected chi connectivity index (χ0v) is 23.0. The number of nitrogens with zero attached hydrogens (tertiary/aromatic N) is 3. The summed E-state index contributed by atoms with van der Waals surface area (Å²) in [5.74, 6) is -1.15. The highest BCUT2D eigenvalue weighted by Gasteiger charge is 2.17. The molecule has 0 aliphatic heterocycles. The maximum atomic E-state index is 12.8. The molecule has 200 valence electrons. The van der Waals surface area contributed by atoms with Gasteiger partial charge in [-0.1, -0.05) is 90.5 Å². The number of ether oxygens (including phenoxy) is 1. The zero-order valence-electron chi connectivity index (χ0n) is 21.5. The number of esters is 1. The molecule has 0 atom stereocenters. The van der Waals surface area contributed by atoms with Gasteiger partial charge < -0.3 is 4.74 Å². The van der Waals surface area contributed by atoms with E-state index in [0.29, 0.717) is 32.6 Å². The summed E-state index contributed by atoms with van der Waals surface area (Å²) in [5.41, 5.74) is 6.15. The van der Waals surface area contributed by atoms with Crippen LogP contribution in [0.5, 0.6) is 0 Å². The van der Waals surface area contributed by atoms with E-state index in [9.17, 15) is 9.59 Å². The first-order chi connectivity index (χ1) is 20.0. The van der Waals surface area contributed by atoms with Gasteiger partial charge in [-0.05, 0) is 24.3 Å². The lowest BCUT2D eigenvalue weighted by molar-refractivity contribution is -0.119. The second kappa shape index (κ2) is 11.7. The van der Waals surface area contributed by atoms with Crippen LogP contribution in [0.2, 0.25) is 5.02 Å². The van der Waals surface area contributed by atoms with E-state index in [1.54, 1.807) is 29.6 Å². The van der Waals surface area contributed by atoms with Crippen LogP contribution in [0.4, 0.5) is 5.13 Å². The van der Waals surface area contributed by atoms with Crippen LogP contribution in [0.25, 0.3) is 44.8 Å². The van der Waals surface area contributed by atoms with Gasteiger partial charge in [0.05, 0.1) is 33.7 Å². The SMILES string of the molecule is O=C(COC(=O)c1ccc2nc(-c3ccccc3)c(-c3ccccc3)nc2c1)Nc1nc(-c2ccccc2Cl)cs1. The molecule has 6 rings (SSSR count). The van der Waals surface area contributed by atoms with Crippen molar-refractivity contribution in [2.45, 2.75) is 0 Å². The largest absolute Gasteiger partial charge is 0.452 e. The molecule has 7 nitrogen and oxygen atoms in total. The molecule has 1 amide bonds. The third-order valence-corrected chi connectivity index (χ3v) is 7.32. The fraction of sp³-hybridized carbons (Fsp3) is 0.0312. The van der Waals surface area contributed by atoms with Gasteiger partial charge in [-0.3, -0.25) is 10.1 Å². The van der Waals surface area contributed by atoms with Crippen molar-refractivity contribution in [1.29, 1.82) is 0 Å². The summed E-state index contributed by atoms with van der Waals surface area (Å²) in [6.45, 7) is -0.467. The van der Waals surface area contributed by atoms with E-state index >= 15 is 0 Å². The third-order valence-electron chi connectivity index (χ3n) is 6.23. The molecule has 0 aliphatic carbocycles. The average molecular weight is 577 g/mol. The van der Waals surface area contributed by atoms with E-state index in [0.717, 1.165) is 22.4 Å². The number of carbonyl (C=O) groups excluding carboxylic acids is 2. The van der Waals surface area contributed by atoms with Crippen LogP contribution in [-0.4, -0.2) is 33.4 Å². The molecule has 0 spiro atoms. The normalized spacial score (nSPS) is 10.9. The summed E-state index contributed by atoms with van der Waals surface area (Å²) in [7, 11) is 0. The number of aromatic nitrogens is 3. The predicted octanol–water partition coefficient (Wildman–Crippen LogP) is 7.54. The Kier molecular flexibility index (Phi) is 7.49. The maximum Gasteiger partial charge on any atom is 0.338 e. The van der Waals surface area contributed by atoms with Crippen LogP contribution in [0.3, 0.4) is 0 Å². The van der Waals surface area contributed by atoms with Gasteiger partial charge in [-0.15, -0.1) is 11.3 Å². The second-order valence-electron chi connectivity index (χ2n) is 9.00. The van der Waals surface area contributed by atoms with Crippen molar-refractivity contribution in [3.05, 3.63) is 119 Å². The van der Waals surface area contributed by atoms with E-state index in [4.69, 9.17) is 26.3 Å². The highest BCUT2D eigenvalue weighted by Crippen LogP contribution is 2.32. The fourth-order valence-corrected chi connectivity index (χ4v) is 5.23. The molecule has 0 radical (unpaired) electrons. The Morgan fingerprint density at radius 2 is 1.39 bits per heavy atom. The molecule has 9 heteroatoms. The number of hydrogen-bond donors (Lipinski definition) is 1. The third kappa shape index (κ3) is 5.84. The van der Waals surface area contributed by atoms with E-state index in [1.807, 2.05) is 78.9 Å². The number of hydrogen-bond acceptors (Lipinski definition) is 7. The lowest BCUT2D eigenvalue weighted by Crippen LogP contribution is -2.20. The van der Waals surface area contributed by atoms with Crippen LogP contribution in [-0.2, 0) is 9.53 Å². The van der Waals surface area contributed by atoms with Crippen molar-refractivity contribution in [3.8, 4) is 33.8 Å². The number of rotatable bonds is 7. The number of thiazole rings is 1. The van der Waals surface area contributed by atoms with Gasteiger partial charge in [0.1, 0.15) is 0 Å². The topological polar surface area (TPSA) is 94.1 Å². The van der Waals surface area contributed by atoms with Crippen LogP contribution < -0.4 is 5.32 Å². The summed E-state index contributed by atoms with van der Waals surface area (Å²) in [5, 5.41) is 5.40. The lowest BCUT2D eigenvalue weighted by Gasteiger charge is -2.11. The number of benzene rings is 4. The number of amides is 1. The lowest BCUT2D eigenvalue weighted by atomic mass is 10.0. The Balaban J connectivity index is 1.19. The summed E-state index contributed by atoms with van der Waals surface area (Å²) in [6.07, 6.45) is 0. The fourth-order valence-electron chi connectivity index (χ4n) is 4.27. The van der Waals surface area contributed by atoms with Gasteiger partial charge in [0.25, 0.3) is 5.91 Å². The van der Waals surface area contributed by atoms with Gasteiger partial charge in [-0.2, -0.15) is 0 Å². The monoisotopic (exact) mass is 576 g/mol. The van der Waals surface area contributed by atoms with Crippen LogP contribution in [0.15, 0.2) is 109 Å². The highest BCUT2D eigenvalue weighted by atomic mass is 35.5. The van der Waals surface area contributed by atoms with E-state index in [2.05, 4.69) is 10.3 Å². The maximum absolute atomic E-state index is 12.8. The van der Waals surface area contributed by atoms with E-state index in [-0.39, 0.29) is 5.56 Å². The summed E-state index contributed by atoms with van der Waals surface area (Å²) >= 11 is 7.49. The van der Waals surface area contributed by atoms with Gasteiger partial charge in [-0.25, -0.2) is 19.7 Å². The molecule has 4 aromatic carbocycles. The molecule has 0 saturated carbocycles. The Morgan fingerprint density at radius 1 is 0.756 bits per heavy atom. The average Bonchev–Trinajstić information content (AvgIpc) is 3.48.